The number of fused-ring (bicyclic) bond motifs is 1. The third-order valence-corrected chi connectivity index (χ3v) is 4.93. The number of aromatic nitrogens is 3. The monoisotopic (exact) mass is 392 g/mol. The van der Waals surface area contributed by atoms with Crippen LogP contribution in [-0.2, 0) is 7.05 Å². The zero-order valence-electron chi connectivity index (χ0n) is 15.3. The second kappa shape index (κ2) is 6.98. The van der Waals surface area contributed by atoms with Crippen molar-refractivity contribution in [1.82, 2.24) is 14.3 Å². The Morgan fingerprint density at radius 2 is 1.86 bits per heavy atom. The topological polar surface area (TPSA) is 68.9 Å². The quantitative estimate of drug-likeness (QED) is 0.574. The van der Waals surface area contributed by atoms with E-state index < -0.39 is 5.91 Å². The number of anilines is 1. The lowest BCUT2D eigenvalue weighted by molar-refractivity contribution is 0.102. The van der Waals surface area contributed by atoms with Gasteiger partial charge in [-0.25, -0.2) is 4.68 Å². The van der Waals surface area contributed by atoms with Crippen molar-refractivity contribution in [1.29, 1.82) is 0 Å². The minimum Gasteiger partial charge on any atom is -0.316 e. The molecule has 2 aromatic heterocycles. The van der Waals surface area contributed by atoms with Crippen LogP contribution in [0, 0.1) is 6.92 Å². The van der Waals surface area contributed by atoms with Gasteiger partial charge in [0.05, 0.1) is 22.5 Å². The highest BCUT2D eigenvalue weighted by Gasteiger charge is 2.20. The summed E-state index contributed by atoms with van der Waals surface area (Å²) in [6, 6.07) is 16.2. The standard InChI is InChI=1S/C21H17ClN4O2/c1-13-18(21(28)26(25(13)2)16-8-4-3-5-9-16)24-20(27)17-12-15(22)11-14-7-6-10-23-19(14)17/h3-12H,1-2H3,(H,24,27). The van der Waals surface area contributed by atoms with Gasteiger partial charge in [0.2, 0.25) is 0 Å². The molecular formula is C21H17ClN4O2. The van der Waals surface area contributed by atoms with Crippen LogP contribution in [0.5, 0.6) is 0 Å². The number of carbonyl (C=O) groups is 1. The van der Waals surface area contributed by atoms with E-state index in [9.17, 15) is 9.59 Å². The van der Waals surface area contributed by atoms with Gasteiger partial charge in [-0.3, -0.25) is 19.3 Å². The van der Waals surface area contributed by atoms with Crippen LogP contribution in [0.15, 0.2) is 65.6 Å². The smallest absolute Gasteiger partial charge is 0.295 e. The van der Waals surface area contributed by atoms with Crippen molar-refractivity contribution in [2.24, 2.45) is 7.05 Å². The molecule has 0 saturated heterocycles. The zero-order chi connectivity index (χ0) is 19.8. The van der Waals surface area contributed by atoms with Crippen LogP contribution in [0.4, 0.5) is 5.69 Å². The van der Waals surface area contributed by atoms with E-state index in [4.69, 9.17) is 11.6 Å². The van der Waals surface area contributed by atoms with Gasteiger partial charge in [-0.15, -0.1) is 0 Å². The van der Waals surface area contributed by atoms with Gasteiger partial charge in [-0.2, -0.15) is 0 Å². The van der Waals surface area contributed by atoms with Crippen LogP contribution in [0.25, 0.3) is 16.6 Å². The minimum absolute atomic E-state index is 0.223. The molecular weight excluding hydrogens is 376 g/mol. The lowest BCUT2D eigenvalue weighted by atomic mass is 10.1. The van der Waals surface area contributed by atoms with Crippen LogP contribution in [0.1, 0.15) is 16.1 Å². The molecule has 140 valence electrons. The highest BCUT2D eigenvalue weighted by Crippen LogP contribution is 2.23. The van der Waals surface area contributed by atoms with Crippen LogP contribution >= 0.6 is 11.6 Å². The summed E-state index contributed by atoms with van der Waals surface area (Å²) in [7, 11) is 1.77. The Morgan fingerprint density at radius 1 is 1.11 bits per heavy atom. The first-order valence-electron chi connectivity index (χ1n) is 8.67. The summed E-state index contributed by atoms with van der Waals surface area (Å²) < 4.78 is 3.22. The van der Waals surface area contributed by atoms with Crippen molar-refractivity contribution in [3.05, 3.63) is 87.4 Å². The average molecular weight is 393 g/mol. The number of pyridine rings is 1. The van der Waals surface area contributed by atoms with Crippen molar-refractivity contribution in [2.75, 3.05) is 5.32 Å². The molecule has 2 aromatic carbocycles. The third-order valence-electron chi connectivity index (χ3n) is 4.71. The van der Waals surface area contributed by atoms with Gasteiger partial charge in [-0.05, 0) is 37.3 Å². The van der Waals surface area contributed by atoms with E-state index in [1.54, 1.807) is 43.0 Å². The first-order valence-corrected chi connectivity index (χ1v) is 9.05. The van der Waals surface area contributed by atoms with Gasteiger partial charge < -0.3 is 5.32 Å². The number of rotatable bonds is 3. The van der Waals surface area contributed by atoms with E-state index in [0.717, 1.165) is 5.39 Å². The lowest BCUT2D eigenvalue weighted by Gasteiger charge is -2.08. The Balaban J connectivity index is 1.79. The van der Waals surface area contributed by atoms with Gasteiger partial charge in [0.15, 0.2) is 0 Å². The van der Waals surface area contributed by atoms with E-state index in [0.29, 0.717) is 27.5 Å². The molecule has 6 nitrogen and oxygen atoms in total. The van der Waals surface area contributed by atoms with E-state index in [-0.39, 0.29) is 11.2 Å². The van der Waals surface area contributed by atoms with Gasteiger partial charge in [0.25, 0.3) is 11.5 Å². The number of hydrogen-bond donors (Lipinski definition) is 1. The fourth-order valence-corrected chi connectivity index (χ4v) is 3.45. The molecule has 0 aliphatic carbocycles. The van der Waals surface area contributed by atoms with Crippen molar-refractivity contribution in [2.45, 2.75) is 6.92 Å². The number of benzene rings is 2. The normalized spacial score (nSPS) is 11.0. The number of nitrogens with zero attached hydrogens (tertiary/aromatic N) is 3. The maximum atomic E-state index is 13.0. The van der Waals surface area contributed by atoms with Crippen LogP contribution in [0.3, 0.4) is 0 Å². The second-order valence-corrected chi connectivity index (χ2v) is 6.86. The summed E-state index contributed by atoms with van der Waals surface area (Å²) in [6.45, 7) is 1.78. The predicted octanol–water partition coefficient (Wildman–Crippen LogP) is 3.94. The molecule has 28 heavy (non-hydrogen) atoms. The number of carbonyl (C=O) groups excluding carboxylic acids is 1. The van der Waals surface area contributed by atoms with Gasteiger partial charge in [-0.1, -0.05) is 35.9 Å². The van der Waals surface area contributed by atoms with Gasteiger partial charge in [0, 0.05) is 23.7 Å². The third kappa shape index (κ3) is 2.97. The van der Waals surface area contributed by atoms with Crippen molar-refractivity contribution in [3.63, 3.8) is 0 Å². The van der Waals surface area contributed by atoms with Crippen molar-refractivity contribution < 1.29 is 4.79 Å². The molecule has 0 spiro atoms. The predicted molar refractivity (Wildman–Crippen MR) is 110 cm³/mol. The molecule has 1 amide bonds. The Labute approximate surface area is 166 Å². The van der Waals surface area contributed by atoms with Crippen LogP contribution in [0.2, 0.25) is 5.02 Å². The molecule has 0 fully saturated rings. The average Bonchev–Trinajstić information content (AvgIpc) is 2.91. The van der Waals surface area contributed by atoms with E-state index >= 15 is 0 Å². The van der Waals surface area contributed by atoms with E-state index in [1.165, 1.54) is 4.68 Å². The molecule has 1 N–H and O–H groups in total. The molecule has 0 unspecified atom stereocenters. The van der Waals surface area contributed by atoms with Crippen molar-refractivity contribution >= 4 is 34.1 Å². The molecule has 0 aliphatic heterocycles. The molecule has 0 aliphatic rings. The number of amides is 1. The highest BCUT2D eigenvalue weighted by molar-refractivity contribution is 6.32. The largest absolute Gasteiger partial charge is 0.316 e. The van der Waals surface area contributed by atoms with Gasteiger partial charge in [0.1, 0.15) is 5.69 Å². The Kier molecular flexibility index (Phi) is 4.49. The number of para-hydroxylation sites is 1. The first kappa shape index (κ1) is 18.0. The number of nitrogens with one attached hydrogen (secondary N) is 1. The Hall–Kier alpha value is -3.38. The lowest BCUT2D eigenvalue weighted by Crippen LogP contribution is -2.23. The zero-order valence-corrected chi connectivity index (χ0v) is 16.1. The van der Waals surface area contributed by atoms with Crippen molar-refractivity contribution in [3.8, 4) is 5.69 Å². The van der Waals surface area contributed by atoms with Crippen LogP contribution < -0.4 is 10.9 Å². The maximum absolute atomic E-state index is 13.0. The van der Waals surface area contributed by atoms with Gasteiger partial charge >= 0.3 is 0 Å². The summed E-state index contributed by atoms with van der Waals surface area (Å²) in [5.41, 5.74) is 2.12. The Bertz CT molecular complexity index is 1260. The molecule has 0 bridgehead atoms. The Morgan fingerprint density at radius 3 is 2.61 bits per heavy atom. The molecule has 2 heterocycles. The molecule has 0 atom stereocenters. The summed E-state index contributed by atoms with van der Waals surface area (Å²) in [5, 5.41) is 3.94. The summed E-state index contributed by atoms with van der Waals surface area (Å²) in [5.74, 6) is -0.433. The number of halogens is 1. The molecule has 4 rings (SSSR count). The SMILES string of the molecule is Cc1c(NC(=O)c2cc(Cl)cc3cccnc23)c(=O)n(-c2ccccc2)n1C. The maximum Gasteiger partial charge on any atom is 0.295 e. The minimum atomic E-state index is -0.433. The molecule has 0 radical (unpaired) electrons. The van der Waals surface area contributed by atoms with Crippen LogP contribution in [-0.4, -0.2) is 20.3 Å². The second-order valence-electron chi connectivity index (χ2n) is 6.42. The summed E-state index contributed by atoms with van der Waals surface area (Å²) in [4.78, 5) is 30.3. The number of hydrogen-bond acceptors (Lipinski definition) is 3. The fourth-order valence-electron chi connectivity index (χ4n) is 3.22. The van der Waals surface area contributed by atoms with E-state index in [2.05, 4.69) is 10.3 Å². The molecule has 4 aromatic rings. The molecule has 0 saturated carbocycles. The summed E-state index contributed by atoms with van der Waals surface area (Å²) in [6.07, 6.45) is 1.61. The highest BCUT2D eigenvalue weighted by atomic mass is 35.5. The molecule has 7 heteroatoms. The van der Waals surface area contributed by atoms with E-state index in [1.807, 2.05) is 36.4 Å². The first-order chi connectivity index (χ1) is 13.5. The summed E-state index contributed by atoms with van der Waals surface area (Å²) >= 11 is 6.17. The fraction of sp³-hybridized carbons (Fsp3) is 0.0952.